The Morgan fingerprint density at radius 2 is 2.32 bits per heavy atom. The molecule has 124 valence electrons. The number of aliphatic hydroxyl groups is 1. The highest BCUT2D eigenvalue weighted by Crippen LogP contribution is 2.56. The fourth-order valence-electron chi connectivity index (χ4n) is 5.06. The molecule has 3 rings (SSSR count). The van der Waals surface area contributed by atoms with E-state index in [-0.39, 0.29) is 30.0 Å². The highest BCUT2D eigenvalue weighted by Gasteiger charge is 2.55. The Labute approximate surface area is 133 Å². The lowest BCUT2D eigenvalue weighted by Crippen LogP contribution is -2.86. The molecule has 3 fully saturated rings. The summed E-state index contributed by atoms with van der Waals surface area (Å²) in [5.41, 5.74) is 1.68. The van der Waals surface area contributed by atoms with Crippen LogP contribution in [0.25, 0.3) is 0 Å². The van der Waals surface area contributed by atoms with Crippen LogP contribution in [-0.2, 0) is 9.53 Å². The van der Waals surface area contributed by atoms with Crippen molar-refractivity contribution in [2.24, 2.45) is 23.2 Å². The Bertz CT molecular complexity index is 450. The molecule has 4 nitrogen and oxygen atoms in total. The first kappa shape index (κ1) is 16.0. The van der Waals surface area contributed by atoms with Gasteiger partial charge >= 0.3 is 5.97 Å². The summed E-state index contributed by atoms with van der Waals surface area (Å²) in [6, 6.07) is 0. The van der Waals surface area contributed by atoms with Gasteiger partial charge in [-0.3, -0.25) is 4.79 Å². The molecule has 0 spiro atoms. The standard InChI is InChI=1S/C18H29NO3/c1-12-5-3-6-18(2)10-16-13(9-15(12)18)14(17(21)22-16)11-19-7-4-8-20/h13-16,19-20H,1,3-11H2,2H3/p+1/t13-,14-,15+,16-,18-/m1/s1. The van der Waals surface area contributed by atoms with Gasteiger partial charge in [0.2, 0.25) is 0 Å². The fraction of sp³-hybridized carbons (Fsp3) is 0.833. The molecule has 2 saturated carbocycles. The zero-order chi connectivity index (χ0) is 15.7. The molecule has 0 unspecified atom stereocenters. The largest absolute Gasteiger partial charge is 0.462 e. The van der Waals surface area contributed by atoms with Crippen molar-refractivity contribution in [3.8, 4) is 0 Å². The predicted molar refractivity (Wildman–Crippen MR) is 84.0 cm³/mol. The topological polar surface area (TPSA) is 63.1 Å². The van der Waals surface area contributed by atoms with Crippen molar-refractivity contribution in [3.05, 3.63) is 12.2 Å². The quantitative estimate of drug-likeness (QED) is 0.456. The van der Waals surface area contributed by atoms with Crippen LogP contribution in [0.1, 0.15) is 45.4 Å². The normalized spacial score (nSPS) is 41.0. The number of nitrogens with two attached hydrogens (primary N) is 1. The second-order valence-electron chi connectivity index (χ2n) is 7.79. The van der Waals surface area contributed by atoms with Crippen LogP contribution >= 0.6 is 0 Å². The minimum Gasteiger partial charge on any atom is -0.462 e. The summed E-state index contributed by atoms with van der Waals surface area (Å²) in [5.74, 6) is 0.967. The number of esters is 1. The van der Waals surface area contributed by atoms with Crippen molar-refractivity contribution in [1.29, 1.82) is 0 Å². The molecule has 3 N–H and O–H groups in total. The minimum absolute atomic E-state index is 0.00288. The van der Waals surface area contributed by atoms with E-state index in [1.54, 1.807) is 0 Å². The molecule has 1 heterocycles. The number of hydrogen-bond acceptors (Lipinski definition) is 3. The highest BCUT2D eigenvalue weighted by atomic mass is 16.6. The predicted octanol–water partition coefficient (Wildman–Crippen LogP) is 1.25. The molecule has 0 aromatic heterocycles. The van der Waals surface area contributed by atoms with Crippen LogP contribution in [0, 0.1) is 23.2 Å². The Morgan fingerprint density at radius 3 is 3.09 bits per heavy atom. The number of carbonyl (C=O) groups is 1. The molecular weight excluding hydrogens is 278 g/mol. The molecule has 0 bridgehead atoms. The van der Waals surface area contributed by atoms with E-state index < -0.39 is 0 Å². The van der Waals surface area contributed by atoms with Crippen molar-refractivity contribution < 1.29 is 20.0 Å². The maximum atomic E-state index is 12.3. The summed E-state index contributed by atoms with van der Waals surface area (Å²) in [4.78, 5) is 12.3. The molecule has 4 heteroatoms. The van der Waals surface area contributed by atoms with E-state index in [2.05, 4.69) is 18.8 Å². The van der Waals surface area contributed by atoms with Crippen molar-refractivity contribution in [2.75, 3.05) is 19.7 Å². The number of quaternary nitrogens is 1. The molecule has 0 aromatic rings. The van der Waals surface area contributed by atoms with Crippen molar-refractivity contribution in [2.45, 2.75) is 51.6 Å². The van der Waals surface area contributed by atoms with E-state index in [0.717, 1.165) is 38.8 Å². The van der Waals surface area contributed by atoms with Gasteiger partial charge in [0.05, 0.1) is 13.1 Å². The molecular formula is C18H30NO3+. The Balaban J connectivity index is 1.67. The van der Waals surface area contributed by atoms with Crippen LogP contribution in [0.5, 0.6) is 0 Å². The van der Waals surface area contributed by atoms with Crippen LogP contribution in [0.4, 0.5) is 0 Å². The number of carbonyl (C=O) groups excluding carboxylic acids is 1. The van der Waals surface area contributed by atoms with Crippen LogP contribution in [0.3, 0.4) is 0 Å². The molecule has 0 radical (unpaired) electrons. The smallest absolute Gasteiger partial charge is 0.315 e. The van der Waals surface area contributed by atoms with Gasteiger partial charge in [-0.15, -0.1) is 0 Å². The third-order valence-corrected chi connectivity index (χ3v) is 6.31. The first-order valence-corrected chi connectivity index (χ1v) is 8.86. The van der Waals surface area contributed by atoms with E-state index in [1.807, 2.05) is 0 Å². The van der Waals surface area contributed by atoms with Gasteiger partial charge in [0, 0.05) is 18.9 Å². The van der Waals surface area contributed by atoms with Crippen LogP contribution < -0.4 is 5.32 Å². The average Bonchev–Trinajstić information content (AvgIpc) is 2.76. The number of hydrogen-bond donors (Lipinski definition) is 2. The van der Waals surface area contributed by atoms with Gasteiger partial charge < -0.3 is 15.2 Å². The second kappa shape index (κ2) is 6.32. The number of rotatable bonds is 5. The Hall–Kier alpha value is -0.870. The Kier molecular flexibility index (Phi) is 4.60. The number of ether oxygens (including phenoxy) is 1. The zero-order valence-corrected chi connectivity index (χ0v) is 13.7. The molecule has 0 aromatic carbocycles. The number of fused-ring (bicyclic) bond motifs is 2. The third-order valence-electron chi connectivity index (χ3n) is 6.31. The molecule has 5 atom stereocenters. The summed E-state index contributed by atoms with van der Waals surface area (Å²) in [6.45, 7) is 8.60. The van der Waals surface area contributed by atoms with Crippen molar-refractivity contribution >= 4 is 5.97 Å². The summed E-state index contributed by atoms with van der Waals surface area (Å²) in [6.07, 6.45) is 6.62. The van der Waals surface area contributed by atoms with Crippen LogP contribution in [-0.4, -0.2) is 36.9 Å². The molecule has 2 aliphatic carbocycles. The van der Waals surface area contributed by atoms with Gasteiger partial charge in [0.15, 0.2) is 0 Å². The maximum absolute atomic E-state index is 12.3. The molecule has 0 amide bonds. The van der Waals surface area contributed by atoms with E-state index >= 15 is 0 Å². The van der Waals surface area contributed by atoms with E-state index in [9.17, 15) is 4.79 Å². The third kappa shape index (κ3) is 2.83. The highest BCUT2D eigenvalue weighted by molar-refractivity contribution is 5.75. The minimum atomic E-state index is 0.00288. The SMILES string of the molecule is C=C1CCC[C@]2(C)C[C@H]3OC(=O)[C@H](C[NH2+]CCCO)[C@H]3C[C@@H]12. The lowest BCUT2D eigenvalue weighted by molar-refractivity contribution is -0.659. The van der Waals surface area contributed by atoms with Gasteiger partial charge in [-0.25, -0.2) is 0 Å². The first-order chi connectivity index (χ1) is 10.5. The van der Waals surface area contributed by atoms with Crippen LogP contribution in [0.15, 0.2) is 12.2 Å². The first-order valence-electron chi connectivity index (χ1n) is 8.86. The van der Waals surface area contributed by atoms with Gasteiger partial charge in [-0.2, -0.15) is 0 Å². The molecule has 22 heavy (non-hydrogen) atoms. The zero-order valence-electron chi connectivity index (χ0n) is 13.7. The second-order valence-corrected chi connectivity index (χ2v) is 7.79. The van der Waals surface area contributed by atoms with Gasteiger partial charge in [0.25, 0.3) is 0 Å². The lowest BCUT2D eigenvalue weighted by atomic mass is 9.55. The summed E-state index contributed by atoms with van der Waals surface area (Å²) in [7, 11) is 0. The molecule has 3 aliphatic rings. The summed E-state index contributed by atoms with van der Waals surface area (Å²) < 4.78 is 5.75. The van der Waals surface area contributed by atoms with Gasteiger partial charge in [0.1, 0.15) is 12.0 Å². The fourth-order valence-corrected chi connectivity index (χ4v) is 5.06. The molecule has 1 saturated heterocycles. The van der Waals surface area contributed by atoms with E-state index in [1.165, 1.54) is 18.4 Å². The summed E-state index contributed by atoms with van der Waals surface area (Å²) in [5, 5.41) is 11.0. The maximum Gasteiger partial charge on any atom is 0.315 e. The van der Waals surface area contributed by atoms with Gasteiger partial charge in [-0.05, 0) is 43.4 Å². The van der Waals surface area contributed by atoms with E-state index in [0.29, 0.717) is 11.8 Å². The average molecular weight is 308 g/mol. The molecule has 1 aliphatic heterocycles. The summed E-state index contributed by atoms with van der Waals surface area (Å²) >= 11 is 0. The van der Waals surface area contributed by atoms with Gasteiger partial charge in [-0.1, -0.05) is 19.1 Å². The monoisotopic (exact) mass is 308 g/mol. The van der Waals surface area contributed by atoms with Crippen LogP contribution in [0.2, 0.25) is 0 Å². The van der Waals surface area contributed by atoms with Crippen molar-refractivity contribution in [1.82, 2.24) is 0 Å². The number of aliphatic hydroxyl groups excluding tert-OH is 1. The number of allylic oxidation sites excluding steroid dienone is 1. The Morgan fingerprint density at radius 1 is 1.50 bits per heavy atom. The van der Waals surface area contributed by atoms with E-state index in [4.69, 9.17) is 9.84 Å². The lowest BCUT2D eigenvalue weighted by Gasteiger charge is -2.49. The van der Waals surface area contributed by atoms with Crippen molar-refractivity contribution in [3.63, 3.8) is 0 Å².